The molecule has 0 atom stereocenters. The normalized spacial score (nSPS) is 15.1. The zero-order valence-corrected chi connectivity index (χ0v) is 14.1. The van der Waals surface area contributed by atoms with E-state index in [2.05, 4.69) is 4.98 Å². The predicted octanol–water partition coefficient (Wildman–Crippen LogP) is 2.00. The molecule has 0 radical (unpaired) electrons. The summed E-state index contributed by atoms with van der Waals surface area (Å²) in [6.45, 7) is 2.35. The minimum Gasteiger partial charge on any atom is -0.367 e. The van der Waals surface area contributed by atoms with Crippen molar-refractivity contribution in [1.29, 1.82) is 0 Å². The van der Waals surface area contributed by atoms with Crippen LogP contribution in [-0.4, -0.2) is 52.8 Å². The number of benzene rings is 1. The number of H-pyrrole nitrogens is 1. The van der Waals surface area contributed by atoms with Crippen LogP contribution >= 0.6 is 0 Å². The fraction of sp³-hybridized carbons (Fsp3) is 0.368. The second-order valence-corrected chi connectivity index (χ2v) is 6.32. The van der Waals surface area contributed by atoms with Crippen LogP contribution in [0.3, 0.4) is 0 Å². The lowest BCUT2D eigenvalue weighted by molar-refractivity contribution is -0.132. The molecule has 0 bridgehead atoms. The first-order chi connectivity index (χ1) is 12.1. The van der Waals surface area contributed by atoms with E-state index in [9.17, 15) is 14.0 Å². The van der Waals surface area contributed by atoms with E-state index in [0.29, 0.717) is 38.2 Å². The van der Waals surface area contributed by atoms with Crippen LogP contribution < -0.4 is 0 Å². The molecular weight excluding hydrogens is 321 g/mol. The van der Waals surface area contributed by atoms with Crippen LogP contribution in [0.15, 0.2) is 42.7 Å². The predicted molar refractivity (Wildman–Crippen MR) is 92.4 cm³/mol. The fourth-order valence-electron chi connectivity index (χ4n) is 3.10. The Kier molecular flexibility index (Phi) is 5.48. The number of amides is 2. The molecule has 3 rings (SSSR count). The van der Waals surface area contributed by atoms with Crippen molar-refractivity contribution in [2.75, 3.05) is 26.2 Å². The van der Waals surface area contributed by atoms with Gasteiger partial charge in [-0.05, 0) is 35.7 Å². The molecule has 1 aromatic heterocycles. The summed E-state index contributed by atoms with van der Waals surface area (Å²) >= 11 is 0. The third kappa shape index (κ3) is 4.68. The van der Waals surface area contributed by atoms with Crippen LogP contribution in [0, 0.1) is 5.82 Å². The molecule has 0 aliphatic carbocycles. The van der Waals surface area contributed by atoms with E-state index >= 15 is 0 Å². The van der Waals surface area contributed by atoms with Crippen LogP contribution in [0.4, 0.5) is 4.39 Å². The highest BCUT2D eigenvalue weighted by atomic mass is 19.1. The molecule has 0 saturated carbocycles. The number of rotatable bonds is 4. The van der Waals surface area contributed by atoms with E-state index in [1.165, 1.54) is 12.1 Å². The van der Waals surface area contributed by atoms with Crippen molar-refractivity contribution in [3.8, 4) is 0 Å². The van der Waals surface area contributed by atoms with Crippen molar-refractivity contribution in [2.45, 2.75) is 19.3 Å². The van der Waals surface area contributed by atoms with Gasteiger partial charge < -0.3 is 14.8 Å². The summed E-state index contributed by atoms with van der Waals surface area (Å²) < 4.78 is 13.2. The van der Waals surface area contributed by atoms with Crippen LogP contribution in [0.5, 0.6) is 0 Å². The summed E-state index contributed by atoms with van der Waals surface area (Å²) in [6.07, 6.45) is 4.95. The third-order valence-corrected chi connectivity index (χ3v) is 4.46. The summed E-state index contributed by atoms with van der Waals surface area (Å²) in [5, 5.41) is 0. The topological polar surface area (TPSA) is 56.4 Å². The summed E-state index contributed by atoms with van der Waals surface area (Å²) in [5.74, 6) is -0.271. The highest BCUT2D eigenvalue weighted by Crippen LogP contribution is 2.10. The van der Waals surface area contributed by atoms with Crippen LogP contribution in [0.2, 0.25) is 0 Å². The molecular formula is C19H22FN3O2. The summed E-state index contributed by atoms with van der Waals surface area (Å²) in [4.78, 5) is 31.4. The SMILES string of the molecule is O=C(Cc1cc[nH]c1)N1CCCN(C(=O)Cc2cccc(F)c2)CC1. The molecule has 0 unspecified atom stereocenters. The molecule has 1 saturated heterocycles. The molecule has 1 aliphatic heterocycles. The fourth-order valence-corrected chi connectivity index (χ4v) is 3.10. The van der Waals surface area contributed by atoms with Gasteiger partial charge in [0, 0.05) is 38.6 Å². The first-order valence-corrected chi connectivity index (χ1v) is 8.53. The van der Waals surface area contributed by atoms with Gasteiger partial charge in [-0.2, -0.15) is 0 Å². The maximum Gasteiger partial charge on any atom is 0.227 e. The maximum atomic E-state index is 13.2. The van der Waals surface area contributed by atoms with E-state index in [4.69, 9.17) is 0 Å². The summed E-state index contributed by atoms with van der Waals surface area (Å²) in [5.41, 5.74) is 1.64. The monoisotopic (exact) mass is 343 g/mol. The first kappa shape index (κ1) is 17.2. The quantitative estimate of drug-likeness (QED) is 0.923. The zero-order valence-electron chi connectivity index (χ0n) is 14.1. The van der Waals surface area contributed by atoms with E-state index in [-0.39, 0.29) is 24.1 Å². The first-order valence-electron chi connectivity index (χ1n) is 8.53. The molecule has 1 aliphatic rings. The van der Waals surface area contributed by atoms with Gasteiger partial charge in [0.2, 0.25) is 11.8 Å². The lowest BCUT2D eigenvalue weighted by Gasteiger charge is -2.22. The number of nitrogens with one attached hydrogen (secondary N) is 1. The van der Waals surface area contributed by atoms with Crippen molar-refractivity contribution in [3.05, 3.63) is 59.7 Å². The number of nitrogens with zero attached hydrogens (tertiary/aromatic N) is 2. The van der Waals surface area contributed by atoms with Gasteiger partial charge in [0.05, 0.1) is 12.8 Å². The Labute approximate surface area is 146 Å². The Morgan fingerprint density at radius 1 is 0.960 bits per heavy atom. The molecule has 1 N–H and O–H groups in total. The van der Waals surface area contributed by atoms with E-state index in [1.807, 2.05) is 17.2 Å². The van der Waals surface area contributed by atoms with E-state index in [0.717, 1.165) is 12.0 Å². The highest BCUT2D eigenvalue weighted by Gasteiger charge is 2.22. The van der Waals surface area contributed by atoms with Crippen LogP contribution in [0.25, 0.3) is 0 Å². The number of carbonyl (C=O) groups is 2. The van der Waals surface area contributed by atoms with Crippen molar-refractivity contribution in [1.82, 2.24) is 14.8 Å². The molecule has 0 spiro atoms. The standard InChI is InChI=1S/C19H22FN3O2/c20-17-4-1-3-15(11-17)12-18(24)22-7-2-8-23(10-9-22)19(25)13-16-5-6-21-14-16/h1,3-6,11,14,21H,2,7-10,12-13H2. The number of aromatic nitrogens is 1. The maximum absolute atomic E-state index is 13.2. The molecule has 25 heavy (non-hydrogen) atoms. The molecule has 6 heteroatoms. The molecule has 1 fully saturated rings. The van der Waals surface area contributed by atoms with Crippen molar-refractivity contribution >= 4 is 11.8 Å². The Morgan fingerprint density at radius 2 is 1.64 bits per heavy atom. The molecule has 2 heterocycles. The van der Waals surface area contributed by atoms with Crippen LogP contribution in [0.1, 0.15) is 17.5 Å². The van der Waals surface area contributed by atoms with Crippen molar-refractivity contribution in [2.24, 2.45) is 0 Å². The van der Waals surface area contributed by atoms with Gasteiger partial charge in [-0.3, -0.25) is 9.59 Å². The molecule has 2 amide bonds. The molecule has 5 nitrogen and oxygen atoms in total. The van der Waals surface area contributed by atoms with Gasteiger partial charge in [-0.25, -0.2) is 4.39 Å². The minimum atomic E-state index is -0.331. The van der Waals surface area contributed by atoms with Gasteiger partial charge in [0.15, 0.2) is 0 Å². The average Bonchev–Trinajstić information content (AvgIpc) is 2.95. The summed E-state index contributed by atoms with van der Waals surface area (Å²) in [7, 11) is 0. The molecule has 132 valence electrons. The smallest absolute Gasteiger partial charge is 0.227 e. The molecule has 2 aromatic rings. The second-order valence-electron chi connectivity index (χ2n) is 6.32. The number of hydrogen-bond donors (Lipinski definition) is 1. The van der Waals surface area contributed by atoms with E-state index in [1.54, 1.807) is 23.2 Å². The van der Waals surface area contributed by atoms with Gasteiger partial charge in [-0.15, -0.1) is 0 Å². The largest absolute Gasteiger partial charge is 0.367 e. The highest BCUT2D eigenvalue weighted by molar-refractivity contribution is 5.80. The Morgan fingerprint density at radius 3 is 2.24 bits per heavy atom. The van der Waals surface area contributed by atoms with E-state index < -0.39 is 0 Å². The Hall–Kier alpha value is -2.63. The summed E-state index contributed by atoms with van der Waals surface area (Å²) in [6, 6.07) is 8.02. The van der Waals surface area contributed by atoms with Gasteiger partial charge in [0.1, 0.15) is 5.82 Å². The van der Waals surface area contributed by atoms with Crippen LogP contribution in [-0.2, 0) is 22.4 Å². The van der Waals surface area contributed by atoms with Gasteiger partial charge in [-0.1, -0.05) is 12.1 Å². The Bertz CT molecular complexity index is 730. The number of aromatic amines is 1. The van der Waals surface area contributed by atoms with Gasteiger partial charge in [0.25, 0.3) is 0 Å². The zero-order chi connectivity index (χ0) is 17.6. The third-order valence-electron chi connectivity index (χ3n) is 4.46. The number of carbonyl (C=O) groups excluding carboxylic acids is 2. The average molecular weight is 343 g/mol. The number of hydrogen-bond acceptors (Lipinski definition) is 2. The van der Waals surface area contributed by atoms with Crippen molar-refractivity contribution < 1.29 is 14.0 Å². The molecule has 1 aromatic carbocycles. The lowest BCUT2D eigenvalue weighted by atomic mass is 10.1. The van der Waals surface area contributed by atoms with Crippen molar-refractivity contribution in [3.63, 3.8) is 0 Å². The number of halogens is 1. The van der Waals surface area contributed by atoms with Gasteiger partial charge >= 0.3 is 0 Å². The second kappa shape index (κ2) is 7.96. The Balaban J connectivity index is 1.54. The minimum absolute atomic E-state index is 0.0227. The lowest BCUT2D eigenvalue weighted by Crippen LogP contribution is -2.38.